The lowest BCUT2D eigenvalue weighted by atomic mass is 10.3. The zero-order valence-corrected chi connectivity index (χ0v) is 11.1. The van der Waals surface area contributed by atoms with E-state index in [1.165, 1.54) is 4.88 Å². The van der Waals surface area contributed by atoms with Gasteiger partial charge in [0.2, 0.25) is 11.8 Å². The fourth-order valence-corrected chi connectivity index (χ4v) is 2.33. The van der Waals surface area contributed by atoms with Crippen molar-refractivity contribution in [1.29, 1.82) is 0 Å². The van der Waals surface area contributed by atoms with Crippen LogP contribution in [0.5, 0.6) is 0 Å². The molecule has 0 saturated carbocycles. The van der Waals surface area contributed by atoms with Crippen LogP contribution in [0.2, 0.25) is 0 Å². The maximum absolute atomic E-state index is 10.9. The lowest BCUT2D eigenvalue weighted by Gasteiger charge is -2.17. The van der Waals surface area contributed by atoms with E-state index in [9.17, 15) is 10.1 Å². The third-order valence-corrected chi connectivity index (χ3v) is 3.54. The molecule has 0 amide bonds. The molecule has 100 valence electrons. The molecule has 2 aromatic heterocycles. The summed E-state index contributed by atoms with van der Waals surface area (Å²) in [6, 6.07) is 4.01. The van der Waals surface area contributed by atoms with Crippen molar-refractivity contribution in [2.24, 2.45) is 0 Å². The Bertz CT molecular complexity index is 572. The van der Waals surface area contributed by atoms with Crippen LogP contribution < -0.4 is 10.6 Å². The Morgan fingerprint density at radius 3 is 3.00 bits per heavy atom. The first-order valence-corrected chi connectivity index (χ1v) is 6.46. The lowest BCUT2D eigenvalue weighted by Crippen LogP contribution is -2.23. The van der Waals surface area contributed by atoms with Crippen molar-refractivity contribution in [3.05, 3.63) is 38.7 Å². The number of anilines is 2. The topological polar surface area (TPSA) is 98.2 Å². The van der Waals surface area contributed by atoms with Crippen LogP contribution in [0.3, 0.4) is 0 Å². The summed E-state index contributed by atoms with van der Waals surface area (Å²) in [6.07, 6.45) is 1.94. The maximum atomic E-state index is 10.9. The molecule has 2 rings (SSSR count). The van der Waals surface area contributed by atoms with E-state index in [2.05, 4.69) is 9.97 Å². The number of nitrogens with two attached hydrogens (primary N) is 1. The first-order chi connectivity index (χ1) is 9.08. The van der Waals surface area contributed by atoms with Crippen molar-refractivity contribution < 1.29 is 4.92 Å². The minimum atomic E-state index is -0.504. The van der Waals surface area contributed by atoms with Gasteiger partial charge in [-0.2, -0.15) is 4.98 Å². The first kappa shape index (κ1) is 13.2. The van der Waals surface area contributed by atoms with E-state index in [-0.39, 0.29) is 17.5 Å². The van der Waals surface area contributed by atoms with Crippen LogP contribution in [0, 0.1) is 10.1 Å². The molecule has 19 heavy (non-hydrogen) atoms. The van der Waals surface area contributed by atoms with E-state index in [0.29, 0.717) is 6.54 Å². The van der Waals surface area contributed by atoms with E-state index in [4.69, 9.17) is 5.73 Å². The quantitative estimate of drug-likeness (QED) is 0.660. The molecular weight excluding hydrogens is 266 g/mol. The van der Waals surface area contributed by atoms with Gasteiger partial charge in [0.05, 0.1) is 4.92 Å². The zero-order valence-electron chi connectivity index (χ0n) is 10.3. The Hall–Kier alpha value is -2.22. The summed E-state index contributed by atoms with van der Waals surface area (Å²) in [7, 11) is 1.75. The zero-order chi connectivity index (χ0) is 13.8. The van der Waals surface area contributed by atoms with Crippen LogP contribution in [0.15, 0.2) is 23.7 Å². The van der Waals surface area contributed by atoms with Crippen molar-refractivity contribution in [3.8, 4) is 0 Å². The third-order valence-electron chi connectivity index (χ3n) is 2.60. The van der Waals surface area contributed by atoms with Gasteiger partial charge in [0.15, 0.2) is 0 Å². The summed E-state index contributed by atoms with van der Waals surface area (Å²) in [5.74, 6) is 0.276. The van der Waals surface area contributed by atoms with Crippen LogP contribution in [-0.2, 0) is 6.42 Å². The lowest BCUT2D eigenvalue weighted by molar-refractivity contribution is -0.384. The molecule has 0 aliphatic carbocycles. The van der Waals surface area contributed by atoms with Gasteiger partial charge in [0, 0.05) is 18.5 Å². The van der Waals surface area contributed by atoms with E-state index < -0.39 is 4.92 Å². The van der Waals surface area contributed by atoms with Crippen LogP contribution in [0.1, 0.15) is 4.88 Å². The van der Waals surface area contributed by atoms with Gasteiger partial charge in [-0.05, 0) is 17.9 Å². The van der Waals surface area contributed by atoms with Gasteiger partial charge in [-0.15, -0.1) is 11.3 Å². The average Bonchev–Trinajstić information content (AvgIpc) is 2.88. The standard InChI is InChI=1S/C11H13N5O2S/c1-15(5-4-8-3-2-6-19-8)10-9(16(17)18)7-13-11(12)14-10/h2-3,6-7H,4-5H2,1H3,(H2,12,13,14). The Morgan fingerprint density at radius 1 is 1.58 bits per heavy atom. The van der Waals surface area contributed by atoms with Crippen molar-refractivity contribution in [2.45, 2.75) is 6.42 Å². The molecule has 0 aliphatic rings. The minimum Gasteiger partial charge on any atom is -0.368 e. The van der Waals surface area contributed by atoms with Crippen molar-refractivity contribution in [1.82, 2.24) is 9.97 Å². The second-order valence-corrected chi connectivity index (χ2v) is 4.98. The van der Waals surface area contributed by atoms with Crippen LogP contribution in [0.4, 0.5) is 17.5 Å². The summed E-state index contributed by atoms with van der Waals surface area (Å²) in [6.45, 7) is 0.623. The second-order valence-electron chi connectivity index (χ2n) is 3.95. The number of hydrogen-bond donors (Lipinski definition) is 1. The molecule has 8 heteroatoms. The number of likely N-dealkylation sites (N-methyl/N-ethyl adjacent to an activating group) is 1. The molecule has 0 spiro atoms. The van der Waals surface area contributed by atoms with Crippen LogP contribution >= 0.6 is 11.3 Å². The molecule has 0 saturated heterocycles. The summed E-state index contributed by atoms with van der Waals surface area (Å²) in [4.78, 5) is 21.0. The molecular formula is C11H13N5O2S. The smallest absolute Gasteiger partial charge is 0.329 e. The molecule has 0 atom stereocenters. The first-order valence-electron chi connectivity index (χ1n) is 5.58. The highest BCUT2D eigenvalue weighted by Crippen LogP contribution is 2.24. The summed E-state index contributed by atoms with van der Waals surface area (Å²) in [5, 5.41) is 12.9. The molecule has 2 N–H and O–H groups in total. The number of hydrogen-bond acceptors (Lipinski definition) is 7. The molecule has 0 unspecified atom stereocenters. The SMILES string of the molecule is CN(CCc1cccs1)c1nc(N)ncc1[N+](=O)[O-]. The predicted octanol–water partition coefficient (Wildman–Crippen LogP) is 1.71. The fraction of sp³-hybridized carbons (Fsp3) is 0.273. The molecule has 0 radical (unpaired) electrons. The van der Waals surface area contributed by atoms with Gasteiger partial charge in [-0.1, -0.05) is 6.07 Å². The molecule has 7 nitrogen and oxygen atoms in total. The van der Waals surface area contributed by atoms with Crippen molar-refractivity contribution in [2.75, 3.05) is 24.2 Å². The number of nitrogen functional groups attached to an aromatic ring is 1. The van der Waals surface area contributed by atoms with E-state index in [1.54, 1.807) is 23.3 Å². The largest absolute Gasteiger partial charge is 0.368 e. The number of thiophene rings is 1. The minimum absolute atomic E-state index is 0.0311. The van der Waals surface area contributed by atoms with Gasteiger partial charge >= 0.3 is 5.69 Å². The highest BCUT2D eigenvalue weighted by atomic mass is 32.1. The predicted molar refractivity (Wildman–Crippen MR) is 74.4 cm³/mol. The third kappa shape index (κ3) is 3.16. The van der Waals surface area contributed by atoms with Gasteiger partial charge < -0.3 is 10.6 Å². The van der Waals surface area contributed by atoms with Gasteiger partial charge in [-0.3, -0.25) is 10.1 Å². The molecule has 0 fully saturated rings. The summed E-state index contributed by atoms with van der Waals surface area (Å²) < 4.78 is 0. The van der Waals surface area contributed by atoms with Crippen molar-refractivity contribution >= 4 is 28.8 Å². The maximum Gasteiger partial charge on any atom is 0.329 e. The summed E-state index contributed by atoms with van der Waals surface area (Å²) in [5.41, 5.74) is 5.35. The van der Waals surface area contributed by atoms with E-state index >= 15 is 0 Å². The second kappa shape index (κ2) is 5.61. The molecule has 2 aromatic rings. The normalized spacial score (nSPS) is 10.4. The number of nitrogens with zero attached hydrogens (tertiary/aromatic N) is 4. The van der Waals surface area contributed by atoms with Crippen LogP contribution in [0.25, 0.3) is 0 Å². The molecule has 0 aromatic carbocycles. The van der Waals surface area contributed by atoms with Crippen molar-refractivity contribution in [3.63, 3.8) is 0 Å². The van der Waals surface area contributed by atoms with Gasteiger partial charge in [0.1, 0.15) is 6.20 Å². The molecule has 0 bridgehead atoms. The highest BCUT2D eigenvalue weighted by Gasteiger charge is 2.20. The summed E-state index contributed by atoms with van der Waals surface area (Å²) >= 11 is 1.66. The molecule has 0 aliphatic heterocycles. The van der Waals surface area contributed by atoms with Crippen LogP contribution in [-0.4, -0.2) is 28.5 Å². The fourth-order valence-electron chi connectivity index (χ4n) is 1.63. The van der Waals surface area contributed by atoms with Gasteiger partial charge in [-0.25, -0.2) is 4.98 Å². The Kier molecular flexibility index (Phi) is 3.91. The van der Waals surface area contributed by atoms with Gasteiger partial charge in [0.25, 0.3) is 0 Å². The molecule has 2 heterocycles. The number of nitro groups is 1. The monoisotopic (exact) mass is 279 g/mol. The Balaban J connectivity index is 2.15. The highest BCUT2D eigenvalue weighted by molar-refractivity contribution is 7.09. The van der Waals surface area contributed by atoms with E-state index in [0.717, 1.165) is 12.6 Å². The Labute approximate surface area is 113 Å². The van der Waals surface area contributed by atoms with E-state index in [1.807, 2.05) is 17.5 Å². The number of rotatable bonds is 5. The average molecular weight is 279 g/mol. The number of aromatic nitrogens is 2. The Morgan fingerprint density at radius 2 is 2.37 bits per heavy atom.